The highest BCUT2D eigenvalue weighted by molar-refractivity contribution is 9.11. The van der Waals surface area contributed by atoms with Gasteiger partial charge in [0.2, 0.25) is 5.78 Å². The molecule has 2 aromatic heterocycles. The fourth-order valence-corrected chi connectivity index (χ4v) is 3.24. The van der Waals surface area contributed by atoms with Crippen LogP contribution in [0.25, 0.3) is 0 Å². The van der Waals surface area contributed by atoms with E-state index < -0.39 is 0 Å². The molecular formula is C10H6Br2O2S. The molecule has 0 N–H and O–H groups in total. The highest BCUT2D eigenvalue weighted by Gasteiger charge is 2.17. The van der Waals surface area contributed by atoms with Crippen LogP contribution in [-0.4, -0.2) is 5.78 Å². The van der Waals surface area contributed by atoms with Crippen molar-refractivity contribution >= 4 is 49.0 Å². The topological polar surface area (TPSA) is 30.2 Å². The molecule has 2 nitrogen and oxygen atoms in total. The minimum Gasteiger partial charge on any atom is -0.446 e. The lowest BCUT2D eigenvalue weighted by molar-refractivity contribution is 0.101. The van der Waals surface area contributed by atoms with Crippen molar-refractivity contribution in [3.05, 3.63) is 42.9 Å². The Morgan fingerprint density at radius 3 is 2.60 bits per heavy atom. The van der Waals surface area contributed by atoms with Gasteiger partial charge >= 0.3 is 0 Å². The van der Waals surface area contributed by atoms with Gasteiger partial charge in [0.15, 0.2) is 10.4 Å². The summed E-state index contributed by atoms with van der Waals surface area (Å²) in [5, 5.41) is 0. The Bertz CT molecular complexity index is 513. The predicted octanol–water partition coefficient (Wildman–Crippen LogP) is 4.41. The molecule has 5 heteroatoms. The van der Waals surface area contributed by atoms with Crippen molar-refractivity contribution in [3.63, 3.8) is 0 Å². The van der Waals surface area contributed by atoms with E-state index in [1.165, 1.54) is 0 Å². The molecule has 0 aliphatic rings. The summed E-state index contributed by atoms with van der Waals surface area (Å²) in [5.41, 5.74) is 0.689. The number of rotatable bonds is 2. The van der Waals surface area contributed by atoms with Gasteiger partial charge in [-0.3, -0.25) is 4.79 Å². The summed E-state index contributed by atoms with van der Waals surface area (Å²) in [6.45, 7) is 1.92. The molecule has 0 aliphatic carbocycles. The number of thiophene rings is 1. The van der Waals surface area contributed by atoms with Crippen LogP contribution in [0, 0.1) is 6.92 Å². The molecule has 0 radical (unpaired) electrons. The predicted molar refractivity (Wildman–Crippen MR) is 66.6 cm³/mol. The number of hydrogen-bond donors (Lipinski definition) is 0. The van der Waals surface area contributed by atoms with E-state index in [9.17, 15) is 4.79 Å². The second-order valence-corrected chi connectivity index (χ2v) is 6.37. The van der Waals surface area contributed by atoms with Gasteiger partial charge in [-0.15, -0.1) is 11.3 Å². The van der Waals surface area contributed by atoms with Crippen LogP contribution in [0.15, 0.2) is 31.1 Å². The largest absolute Gasteiger partial charge is 0.446 e. The van der Waals surface area contributed by atoms with E-state index in [0.29, 0.717) is 16.0 Å². The maximum atomic E-state index is 12.0. The Morgan fingerprint density at radius 1 is 1.40 bits per heavy atom. The van der Waals surface area contributed by atoms with Crippen molar-refractivity contribution in [1.82, 2.24) is 0 Å². The highest BCUT2D eigenvalue weighted by atomic mass is 79.9. The lowest BCUT2D eigenvalue weighted by atomic mass is 10.1. The van der Waals surface area contributed by atoms with Crippen molar-refractivity contribution in [2.75, 3.05) is 0 Å². The van der Waals surface area contributed by atoms with Crippen molar-refractivity contribution < 1.29 is 9.21 Å². The van der Waals surface area contributed by atoms with E-state index in [1.54, 1.807) is 23.5 Å². The lowest BCUT2D eigenvalue weighted by Crippen LogP contribution is -1.98. The quantitative estimate of drug-likeness (QED) is 0.752. The van der Waals surface area contributed by atoms with Crippen molar-refractivity contribution in [2.45, 2.75) is 6.92 Å². The van der Waals surface area contributed by atoms with E-state index in [2.05, 4.69) is 31.9 Å². The number of carbonyl (C=O) groups is 1. The number of furan rings is 1. The Morgan fingerprint density at radius 2 is 2.13 bits per heavy atom. The van der Waals surface area contributed by atoms with Crippen LogP contribution in [-0.2, 0) is 0 Å². The summed E-state index contributed by atoms with van der Waals surface area (Å²) in [6.07, 6.45) is 0. The van der Waals surface area contributed by atoms with Gasteiger partial charge in [0.25, 0.3) is 0 Å². The number of ketones is 1. The van der Waals surface area contributed by atoms with E-state index in [1.807, 2.05) is 13.0 Å². The van der Waals surface area contributed by atoms with Gasteiger partial charge in [0.05, 0.1) is 3.79 Å². The molecule has 0 aromatic carbocycles. The van der Waals surface area contributed by atoms with Crippen LogP contribution in [0.1, 0.15) is 21.0 Å². The molecule has 0 bridgehead atoms. The zero-order chi connectivity index (χ0) is 11.0. The Labute approximate surface area is 108 Å². The molecule has 0 aliphatic heterocycles. The first-order valence-electron chi connectivity index (χ1n) is 4.14. The molecule has 0 amide bonds. The maximum absolute atomic E-state index is 12.0. The molecule has 2 rings (SSSR count). The smallest absolute Gasteiger partial charge is 0.229 e. The van der Waals surface area contributed by atoms with Gasteiger partial charge in [0.1, 0.15) is 0 Å². The zero-order valence-electron chi connectivity index (χ0n) is 7.71. The molecule has 2 heterocycles. The highest BCUT2D eigenvalue weighted by Crippen LogP contribution is 2.28. The van der Waals surface area contributed by atoms with Crippen LogP contribution in [0.2, 0.25) is 0 Å². The number of hydrogen-bond acceptors (Lipinski definition) is 3. The third-order valence-corrected chi connectivity index (χ3v) is 3.91. The SMILES string of the molecule is Cc1sc(Br)cc1C(=O)c1ccc(Br)o1. The Kier molecular flexibility index (Phi) is 3.13. The van der Waals surface area contributed by atoms with Crippen LogP contribution in [0.5, 0.6) is 0 Å². The summed E-state index contributed by atoms with van der Waals surface area (Å²) in [7, 11) is 0. The average Bonchev–Trinajstić information content (AvgIpc) is 2.71. The van der Waals surface area contributed by atoms with Gasteiger partial charge in [-0.2, -0.15) is 0 Å². The molecule has 0 saturated carbocycles. The Balaban J connectivity index is 2.40. The van der Waals surface area contributed by atoms with Crippen molar-refractivity contribution in [1.29, 1.82) is 0 Å². The van der Waals surface area contributed by atoms with Crippen LogP contribution in [0.3, 0.4) is 0 Å². The van der Waals surface area contributed by atoms with Gasteiger partial charge in [-0.1, -0.05) is 0 Å². The number of carbonyl (C=O) groups excluding carboxylic acids is 1. The Hall–Kier alpha value is -0.390. The standard InChI is InChI=1S/C10H6Br2O2S/c1-5-6(4-9(12)15-5)10(13)7-2-3-8(11)14-7/h2-4H,1H3. The number of aryl methyl sites for hydroxylation is 1. The van der Waals surface area contributed by atoms with Gasteiger partial charge < -0.3 is 4.42 Å². The molecule has 0 saturated heterocycles. The monoisotopic (exact) mass is 348 g/mol. The molecule has 0 spiro atoms. The fraction of sp³-hybridized carbons (Fsp3) is 0.100. The lowest BCUT2D eigenvalue weighted by Gasteiger charge is -1.94. The third-order valence-electron chi connectivity index (χ3n) is 1.93. The van der Waals surface area contributed by atoms with E-state index >= 15 is 0 Å². The summed E-state index contributed by atoms with van der Waals surface area (Å²) in [6, 6.07) is 5.19. The minimum absolute atomic E-state index is 0.0832. The summed E-state index contributed by atoms with van der Waals surface area (Å²) in [5.74, 6) is 0.274. The normalized spacial score (nSPS) is 10.6. The first kappa shape index (κ1) is 11.1. The molecular weight excluding hydrogens is 344 g/mol. The molecule has 15 heavy (non-hydrogen) atoms. The first-order chi connectivity index (χ1) is 7.08. The first-order valence-corrected chi connectivity index (χ1v) is 6.54. The number of halogens is 2. The average molecular weight is 350 g/mol. The molecule has 0 fully saturated rings. The second kappa shape index (κ2) is 4.23. The maximum Gasteiger partial charge on any atom is 0.229 e. The van der Waals surface area contributed by atoms with E-state index in [4.69, 9.17) is 4.42 Å². The van der Waals surface area contributed by atoms with Crippen LogP contribution < -0.4 is 0 Å². The molecule has 2 aromatic rings. The van der Waals surface area contributed by atoms with Gasteiger partial charge in [-0.25, -0.2) is 0 Å². The van der Waals surface area contributed by atoms with Crippen LogP contribution in [0.4, 0.5) is 0 Å². The molecule has 0 atom stereocenters. The molecule has 78 valence electrons. The third kappa shape index (κ3) is 2.24. The van der Waals surface area contributed by atoms with Crippen molar-refractivity contribution in [2.24, 2.45) is 0 Å². The fourth-order valence-electron chi connectivity index (χ4n) is 1.24. The minimum atomic E-state index is -0.0832. The summed E-state index contributed by atoms with van der Waals surface area (Å²) in [4.78, 5) is 13.0. The zero-order valence-corrected chi connectivity index (χ0v) is 11.7. The summed E-state index contributed by atoms with van der Waals surface area (Å²) >= 11 is 8.07. The summed E-state index contributed by atoms with van der Waals surface area (Å²) < 4.78 is 6.74. The van der Waals surface area contributed by atoms with Gasteiger partial charge in [0, 0.05) is 10.4 Å². The van der Waals surface area contributed by atoms with E-state index in [0.717, 1.165) is 8.66 Å². The molecule has 0 unspecified atom stereocenters. The van der Waals surface area contributed by atoms with Gasteiger partial charge in [-0.05, 0) is 57.0 Å². The van der Waals surface area contributed by atoms with Crippen LogP contribution >= 0.6 is 43.2 Å². The van der Waals surface area contributed by atoms with Crippen molar-refractivity contribution in [3.8, 4) is 0 Å². The second-order valence-electron chi connectivity index (χ2n) is 2.95. The van der Waals surface area contributed by atoms with E-state index in [-0.39, 0.29) is 5.78 Å².